The molecule has 10 atom stereocenters. The Morgan fingerprint density at radius 2 is 1.08 bits per heavy atom. The second-order valence-electron chi connectivity index (χ2n) is 24.0. The van der Waals surface area contributed by atoms with Gasteiger partial charge in [0, 0.05) is 71.9 Å². The Labute approximate surface area is 560 Å². The van der Waals surface area contributed by atoms with Gasteiger partial charge in [-0.25, -0.2) is 9.78 Å². The van der Waals surface area contributed by atoms with Crippen LogP contribution in [-0.4, -0.2) is 199 Å². The Morgan fingerprint density at radius 1 is 0.589 bits per heavy atom. The van der Waals surface area contributed by atoms with E-state index in [2.05, 4.69) is 62.5 Å². The van der Waals surface area contributed by atoms with Crippen LogP contribution in [0, 0.1) is 5.92 Å². The lowest BCUT2D eigenvalue weighted by Gasteiger charge is -2.31. The third-order valence-corrected chi connectivity index (χ3v) is 17.8. The van der Waals surface area contributed by atoms with Crippen LogP contribution in [0.1, 0.15) is 101 Å². The van der Waals surface area contributed by atoms with Crippen molar-refractivity contribution in [3.63, 3.8) is 0 Å². The molecule has 1 saturated heterocycles. The van der Waals surface area contributed by atoms with Crippen molar-refractivity contribution < 1.29 is 57.8 Å². The number of hydrogen-bond acceptors (Lipinski definition) is 17. The van der Waals surface area contributed by atoms with Crippen molar-refractivity contribution in [1.82, 2.24) is 67.4 Å². The summed E-state index contributed by atoms with van der Waals surface area (Å²) < 4.78 is 0. The van der Waals surface area contributed by atoms with Crippen LogP contribution in [-0.2, 0) is 72.0 Å². The Kier molecular flexibility index (Phi) is 30.3. The van der Waals surface area contributed by atoms with Crippen molar-refractivity contribution in [1.29, 1.82) is 0 Å². The van der Waals surface area contributed by atoms with Crippen molar-refractivity contribution in [3.8, 4) is 0 Å². The number of nitrogens with zero attached hydrogens (tertiary/aromatic N) is 2. The molecule has 31 heteroatoms. The zero-order chi connectivity index (χ0) is 69.1. The lowest BCUT2D eigenvalue weighted by atomic mass is 10.00. The first-order chi connectivity index (χ1) is 45.6. The first-order valence-corrected chi connectivity index (χ1v) is 34.8. The predicted molar refractivity (Wildman–Crippen MR) is 363 cm³/mol. The number of nitrogens with one attached hydrogen (secondary N) is 11. The van der Waals surface area contributed by atoms with Gasteiger partial charge in [-0.15, -0.1) is 0 Å². The number of amides is 10. The number of unbranched alkanes of at least 4 members (excludes halogenated alkanes) is 2. The molecule has 3 aromatic heterocycles. The number of rotatable bonds is 41. The van der Waals surface area contributed by atoms with Gasteiger partial charge < -0.3 is 90.4 Å². The monoisotopic (exact) mass is 1360 g/mol. The average Bonchev–Trinajstić information content (AvgIpc) is 1.75. The second-order valence-corrected chi connectivity index (χ2v) is 26.0. The Hall–Kier alpha value is -8.52. The van der Waals surface area contributed by atoms with Crippen LogP contribution >= 0.6 is 23.5 Å². The van der Waals surface area contributed by atoms with Crippen molar-refractivity contribution in [2.75, 3.05) is 43.7 Å². The highest BCUT2D eigenvalue weighted by atomic mass is 32.2. The Bertz CT molecular complexity index is 3400. The molecular formula is C64H93N17O12S2. The number of benzene rings is 2. The average molecular weight is 1360 g/mol. The van der Waals surface area contributed by atoms with Gasteiger partial charge in [0.05, 0.1) is 18.8 Å². The third kappa shape index (κ3) is 22.6. The summed E-state index contributed by atoms with van der Waals surface area (Å²) in [7, 11) is 0. The molecule has 1 aliphatic rings. The van der Waals surface area contributed by atoms with Gasteiger partial charge in [-0.05, 0) is 130 Å². The molecule has 0 saturated carbocycles. The lowest BCUT2D eigenvalue weighted by molar-refractivity contribution is -0.143. The van der Waals surface area contributed by atoms with Crippen LogP contribution in [0.25, 0.3) is 21.8 Å². The Balaban J connectivity index is 1.28. The number of aromatic amines is 3. The molecule has 95 heavy (non-hydrogen) atoms. The molecule has 4 heterocycles. The minimum Gasteiger partial charge on any atom is -0.480 e. The number of carboxylic acid groups (broad SMARTS) is 1. The number of carboxylic acids is 1. The molecule has 1 aliphatic heterocycles. The van der Waals surface area contributed by atoms with Gasteiger partial charge in [-0.3, -0.25) is 47.9 Å². The van der Waals surface area contributed by atoms with E-state index < -0.39 is 138 Å². The summed E-state index contributed by atoms with van der Waals surface area (Å²) in [5, 5.41) is 33.3. The molecule has 0 radical (unpaired) electrons. The number of fused-ring (bicyclic) bond motifs is 2. The van der Waals surface area contributed by atoms with E-state index in [1.165, 1.54) is 40.9 Å². The van der Waals surface area contributed by atoms with Gasteiger partial charge in [0.15, 0.2) is 0 Å². The van der Waals surface area contributed by atoms with Crippen LogP contribution in [0.3, 0.4) is 0 Å². The van der Waals surface area contributed by atoms with Crippen LogP contribution in [0.15, 0.2) is 73.4 Å². The van der Waals surface area contributed by atoms with E-state index in [9.17, 15) is 48.3 Å². The molecule has 20 N–H and O–H groups in total. The number of primary amides is 1. The molecule has 0 aliphatic carbocycles. The highest BCUT2D eigenvalue weighted by Crippen LogP contribution is 2.25. The van der Waals surface area contributed by atoms with Crippen LogP contribution < -0.4 is 65.5 Å². The van der Waals surface area contributed by atoms with Gasteiger partial charge in [0.2, 0.25) is 59.1 Å². The fourth-order valence-corrected chi connectivity index (χ4v) is 12.2. The van der Waals surface area contributed by atoms with Crippen LogP contribution in [0.4, 0.5) is 0 Å². The van der Waals surface area contributed by atoms with E-state index >= 15 is 9.59 Å². The molecule has 6 rings (SSSR count). The predicted octanol–water partition coefficient (Wildman–Crippen LogP) is -0.0229. The Morgan fingerprint density at radius 3 is 1.64 bits per heavy atom. The van der Waals surface area contributed by atoms with E-state index in [1.807, 2.05) is 61.0 Å². The van der Waals surface area contributed by atoms with E-state index in [4.69, 9.17) is 22.9 Å². The van der Waals surface area contributed by atoms with Crippen molar-refractivity contribution >= 4 is 110 Å². The molecule has 0 unspecified atom stereocenters. The summed E-state index contributed by atoms with van der Waals surface area (Å²) in [6.45, 7) is 3.91. The summed E-state index contributed by atoms with van der Waals surface area (Å²) in [6.07, 6.45) is 11.7. The third-order valence-electron chi connectivity index (χ3n) is 16.5. The number of aliphatic carboxylic acids is 1. The number of carbonyl (C=O) groups is 11. The number of hydrogen-bond donors (Lipinski definition) is 16. The maximum atomic E-state index is 15.5. The van der Waals surface area contributed by atoms with E-state index in [-0.39, 0.29) is 64.5 Å². The fourth-order valence-electron chi connectivity index (χ4n) is 11.3. The first kappa shape index (κ1) is 75.5. The largest absolute Gasteiger partial charge is 0.480 e. The molecule has 2 aromatic carbocycles. The molecular weight excluding hydrogens is 1260 g/mol. The SMILES string of the molecule is CSCC[C@H](NC(=O)[C@H](Cc1c[nH]c2ccccc12)NC(=O)[C@@H]1CCCN1C(=O)[C@H](Cc1c[nH]c2ccccc12)NC(=O)[C@H](Cc1cnc[nH]1)NC(=O)[C@H](CCCCN)NC(=O)[C@@H](NC(=O)[C@H](CC(N)=O)NC(=O)[C@@H](N)CCSC)C(C)C)C(=O)N[C@@H](CCCCN)C(=O)O. The normalized spacial score (nSPS) is 15.9. The van der Waals surface area contributed by atoms with Crippen molar-refractivity contribution in [2.45, 2.75) is 164 Å². The zero-order valence-electron chi connectivity index (χ0n) is 54.2. The smallest absolute Gasteiger partial charge is 0.326 e. The number of likely N-dealkylation sites (tertiary alicyclic amines) is 1. The van der Waals surface area contributed by atoms with Gasteiger partial charge >= 0.3 is 5.97 Å². The number of imidazole rings is 1. The first-order valence-electron chi connectivity index (χ1n) is 32.0. The number of carbonyl (C=O) groups excluding carboxylic acids is 10. The quantitative estimate of drug-likeness (QED) is 0.0229. The van der Waals surface area contributed by atoms with Gasteiger partial charge in [-0.2, -0.15) is 23.5 Å². The summed E-state index contributed by atoms with van der Waals surface area (Å²) >= 11 is 2.88. The maximum absolute atomic E-state index is 15.5. The summed E-state index contributed by atoms with van der Waals surface area (Å²) in [5.41, 5.74) is 26.2. The number of aromatic nitrogens is 4. The van der Waals surface area contributed by atoms with E-state index in [0.717, 1.165) is 21.8 Å². The van der Waals surface area contributed by atoms with Crippen molar-refractivity contribution in [2.24, 2.45) is 28.9 Å². The standard InChI is InChI=1S/C64H93N17O12S2/c1-36(2)54(80-60(88)50(31-53(68)82)76-55(83)42(67)21-26-94-3)62(90)74-45(18-9-11-23-65)56(84)77-49(30-39-34-69-35-72-39)59(87)79-51(29-38-33-71-44-17-8-6-15-41(38)44)63(91)81-25-13-20-52(81)61(89)78-48(28-37-32-70-43-16-7-5-14-40(37)43)58(86)73-46(22-27-95-4)57(85)75-47(64(92)93)19-10-12-24-66/h5-8,14-17,32-36,42,45-52,54,70-71H,9-13,18-31,65-67H2,1-4H3,(H2,68,82)(H,69,72)(H,73,86)(H,74,90)(H,75,85)(H,76,83)(H,77,84)(H,78,89)(H,79,87)(H,80,88)(H,92,93)/t42-,45-,46-,47-,48-,49-,50-,51-,52-,54-/m0/s1. The molecule has 0 bridgehead atoms. The fraction of sp³-hybridized carbons (Fsp3) is 0.531. The van der Waals surface area contributed by atoms with Crippen LogP contribution in [0.5, 0.6) is 0 Å². The molecule has 29 nitrogen and oxygen atoms in total. The minimum absolute atomic E-state index is 0.0156. The van der Waals surface area contributed by atoms with Crippen LogP contribution in [0.2, 0.25) is 0 Å². The lowest BCUT2D eigenvalue weighted by Crippen LogP contribution is -2.61. The summed E-state index contributed by atoms with van der Waals surface area (Å²) in [5.74, 6) is -8.73. The summed E-state index contributed by atoms with van der Waals surface area (Å²) in [6, 6.07) is 1.70. The highest BCUT2D eigenvalue weighted by molar-refractivity contribution is 7.98. The van der Waals surface area contributed by atoms with Gasteiger partial charge in [0.1, 0.15) is 54.4 Å². The van der Waals surface area contributed by atoms with Gasteiger partial charge in [-0.1, -0.05) is 50.2 Å². The number of H-pyrrole nitrogens is 3. The maximum Gasteiger partial charge on any atom is 0.326 e. The molecule has 10 amide bonds. The molecule has 5 aromatic rings. The molecule has 1 fully saturated rings. The van der Waals surface area contributed by atoms with Gasteiger partial charge in [0.25, 0.3) is 0 Å². The highest BCUT2D eigenvalue weighted by Gasteiger charge is 2.42. The van der Waals surface area contributed by atoms with E-state index in [0.29, 0.717) is 67.0 Å². The minimum atomic E-state index is -1.50. The molecule has 0 spiro atoms. The summed E-state index contributed by atoms with van der Waals surface area (Å²) in [4.78, 5) is 169. The number of thioether (sulfide) groups is 2. The zero-order valence-corrected chi connectivity index (χ0v) is 55.8. The molecule has 518 valence electrons. The van der Waals surface area contributed by atoms with E-state index in [1.54, 1.807) is 26.2 Å². The van der Waals surface area contributed by atoms with Crippen molar-refractivity contribution in [3.05, 3.63) is 90.3 Å². The number of para-hydroxylation sites is 2. The topological polar surface area (TPSA) is 472 Å². The number of nitrogens with two attached hydrogens (primary N) is 4. The second kappa shape index (κ2) is 38.1.